The van der Waals surface area contributed by atoms with Crippen molar-refractivity contribution in [3.8, 4) is 0 Å². The summed E-state index contributed by atoms with van der Waals surface area (Å²) in [6.45, 7) is 2.38. The number of nitrogens with one attached hydrogen (secondary N) is 1. The molecule has 2 rings (SSSR count). The highest BCUT2D eigenvalue weighted by molar-refractivity contribution is 8.01. The number of thioether (sulfide) groups is 1. The van der Waals surface area contributed by atoms with Gasteiger partial charge in [-0.05, 0) is 19.8 Å². The molecule has 1 aromatic heterocycles. The third kappa shape index (κ3) is 4.53. The molecule has 1 saturated heterocycles. The average molecular weight is 352 g/mol. The average Bonchev–Trinajstić information content (AvgIpc) is 2.83. The maximum absolute atomic E-state index is 12.3. The first-order valence-electron chi connectivity index (χ1n) is 6.36. The standard InChI is InChI=1S/C10H16N4O4S3/c1-7-4-2-3-5-14(7)21(17,18)13-9-11-12-10(20-9)19-6-8(15)16/h7H,2-6H2,1H3,(H,11,13)(H,15,16). The van der Waals surface area contributed by atoms with E-state index < -0.39 is 16.2 Å². The van der Waals surface area contributed by atoms with Crippen molar-refractivity contribution in [2.24, 2.45) is 0 Å². The Hall–Kier alpha value is -0.910. The van der Waals surface area contributed by atoms with Gasteiger partial charge in [0.1, 0.15) is 0 Å². The second-order valence-electron chi connectivity index (χ2n) is 4.62. The van der Waals surface area contributed by atoms with Crippen molar-refractivity contribution in [3.63, 3.8) is 0 Å². The maximum Gasteiger partial charge on any atom is 0.313 e. The number of carbonyl (C=O) groups is 1. The van der Waals surface area contributed by atoms with Crippen LogP contribution in [0.25, 0.3) is 0 Å². The molecule has 1 aliphatic heterocycles. The molecule has 11 heteroatoms. The Labute approximate surface area is 131 Å². The van der Waals surface area contributed by atoms with Crippen molar-refractivity contribution in [2.45, 2.75) is 36.6 Å². The van der Waals surface area contributed by atoms with Gasteiger partial charge in [-0.3, -0.25) is 4.79 Å². The fourth-order valence-corrected chi connectivity index (χ4v) is 5.16. The van der Waals surface area contributed by atoms with Crippen molar-refractivity contribution in [1.82, 2.24) is 14.5 Å². The van der Waals surface area contributed by atoms with E-state index in [4.69, 9.17) is 5.11 Å². The normalized spacial score (nSPS) is 20.3. The first kappa shape index (κ1) is 16.5. The molecule has 0 aliphatic carbocycles. The van der Waals surface area contributed by atoms with Gasteiger partial charge in [0, 0.05) is 12.6 Å². The van der Waals surface area contributed by atoms with Gasteiger partial charge >= 0.3 is 16.2 Å². The van der Waals surface area contributed by atoms with E-state index in [1.807, 2.05) is 6.92 Å². The van der Waals surface area contributed by atoms with Gasteiger partial charge in [-0.25, -0.2) is 4.72 Å². The Balaban J connectivity index is 2.01. The van der Waals surface area contributed by atoms with Gasteiger partial charge in [-0.1, -0.05) is 29.5 Å². The summed E-state index contributed by atoms with van der Waals surface area (Å²) in [6, 6.07) is -0.0370. The Morgan fingerprint density at radius 3 is 2.95 bits per heavy atom. The molecule has 0 spiro atoms. The molecule has 1 fully saturated rings. The van der Waals surface area contributed by atoms with Crippen LogP contribution < -0.4 is 4.72 Å². The lowest BCUT2D eigenvalue weighted by Crippen LogP contribution is -2.44. The van der Waals surface area contributed by atoms with Gasteiger partial charge in [-0.2, -0.15) is 12.7 Å². The summed E-state index contributed by atoms with van der Waals surface area (Å²) in [5.74, 6) is -1.09. The fourth-order valence-electron chi connectivity index (χ4n) is 2.03. The minimum Gasteiger partial charge on any atom is -0.481 e. The molecular weight excluding hydrogens is 336 g/mol. The van der Waals surface area contributed by atoms with Crippen LogP contribution >= 0.6 is 23.1 Å². The molecule has 2 N–H and O–H groups in total. The van der Waals surface area contributed by atoms with Crippen LogP contribution in [0.5, 0.6) is 0 Å². The van der Waals surface area contributed by atoms with Crippen molar-refractivity contribution < 1.29 is 18.3 Å². The third-order valence-corrected chi connectivity index (χ3v) is 6.69. The lowest BCUT2D eigenvalue weighted by atomic mass is 10.1. The van der Waals surface area contributed by atoms with Crippen LogP contribution in [0.3, 0.4) is 0 Å². The van der Waals surface area contributed by atoms with Crippen LogP contribution in [0.15, 0.2) is 4.34 Å². The third-order valence-electron chi connectivity index (χ3n) is 2.99. The van der Waals surface area contributed by atoms with Crippen molar-refractivity contribution in [3.05, 3.63) is 0 Å². The Bertz CT molecular complexity index is 603. The molecule has 118 valence electrons. The zero-order valence-corrected chi connectivity index (χ0v) is 13.8. The van der Waals surface area contributed by atoms with E-state index in [9.17, 15) is 13.2 Å². The van der Waals surface area contributed by atoms with Crippen molar-refractivity contribution in [2.75, 3.05) is 17.0 Å². The van der Waals surface area contributed by atoms with E-state index in [1.54, 1.807) is 0 Å². The molecule has 1 aromatic rings. The summed E-state index contributed by atoms with van der Waals surface area (Å²) in [7, 11) is -3.64. The maximum atomic E-state index is 12.3. The van der Waals surface area contributed by atoms with E-state index in [0.29, 0.717) is 10.9 Å². The van der Waals surface area contributed by atoms with Gasteiger partial charge in [-0.15, -0.1) is 10.2 Å². The molecule has 1 aliphatic rings. The number of carboxylic acid groups (broad SMARTS) is 1. The molecule has 21 heavy (non-hydrogen) atoms. The number of piperidine rings is 1. The van der Waals surface area contributed by atoms with Crippen LogP contribution in [-0.2, 0) is 15.0 Å². The number of carboxylic acids is 1. The lowest BCUT2D eigenvalue weighted by Gasteiger charge is -2.31. The summed E-state index contributed by atoms with van der Waals surface area (Å²) >= 11 is 2.04. The monoisotopic (exact) mass is 352 g/mol. The second-order valence-corrected chi connectivity index (χ2v) is 8.44. The van der Waals surface area contributed by atoms with E-state index in [-0.39, 0.29) is 16.9 Å². The predicted molar refractivity (Wildman–Crippen MR) is 80.8 cm³/mol. The quantitative estimate of drug-likeness (QED) is 0.741. The Morgan fingerprint density at radius 1 is 1.52 bits per heavy atom. The first-order chi connectivity index (χ1) is 9.88. The number of anilines is 1. The molecule has 1 atom stereocenters. The SMILES string of the molecule is CC1CCCCN1S(=O)(=O)Nc1nnc(SCC(=O)O)s1. The van der Waals surface area contributed by atoms with Crippen LogP contribution in [0.1, 0.15) is 26.2 Å². The van der Waals surface area contributed by atoms with E-state index in [2.05, 4.69) is 14.9 Å². The second kappa shape index (κ2) is 6.90. The predicted octanol–water partition coefficient (Wildman–Crippen LogP) is 1.25. The minimum atomic E-state index is -3.64. The molecule has 1 unspecified atom stereocenters. The van der Waals surface area contributed by atoms with Gasteiger partial charge in [0.25, 0.3) is 0 Å². The molecule has 2 heterocycles. The number of aliphatic carboxylic acids is 1. The number of aromatic nitrogens is 2. The van der Waals surface area contributed by atoms with Gasteiger partial charge in [0.15, 0.2) is 4.34 Å². The summed E-state index contributed by atoms with van der Waals surface area (Å²) in [4.78, 5) is 10.5. The van der Waals surface area contributed by atoms with Crippen LogP contribution in [-0.4, -0.2) is 52.3 Å². The molecule has 0 amide bonds. The highest BCUT2D eigenvalue weighted by Crippen LogP contribution is 2.27. The van der Waals surface area contributed by atoms with Crippen molar-refractivity contribution >= 4 is 44.4 Å². The lowest BCUT2D eigenvalue weighted by molar-refractivity contribution is -0.133. The number of nitrogens with zero attached hydrogens (tertiary/aromatic N) is 3. The Kier molecular flexibility index (Phi) is 5.41. The zero-order chi connectivity index (χ0) is 15.5. The molecule has 0 aromatic carbocycles. The Morgan fingerprint density at radius 2 is 2.29 bits per heavy atom. The molecule has 0 saturated carbocycles. The number of hydrogen-bond donors (Lipinski definition) is 2. The number of hydrogen-bond acceptors (Lipinski definition) is 7. The highest BCUT2D eigenvalue weighted by atomic mass is 32.2. The first-order valence-corrected chi connectivity index (χ1v) is 9.60. The van der Waals surface area contributed by atoms with Gasteiger partial charge in [0.05, 0.1) is 5.75 Å². The molecule has 8 nitrogen and oxygen atoms in total. The number of rotatable bonds is 6. The van der Waals surface area contributed by atoms with E-state index >= 15 is 0 Å². The van der Waals surface area contributed by atoms with Crippen molar-refractivity contribution in [1.29, 1.82) is 0 Å². The largest absolute Gasteiger partial charge is 0.481 e. The minimum absolute atomic E-state index is 0.0370. The van der Waals surface area contributed by atoms with E-state index in [0.717, 1.165) is 42.4 Å². The fraction of sp³-hybridized carbons (Fsp3) is 0.700. The summed E-state index contributed by atoms with van der Waals surface area (Å²) in [6.07, 6.45) is 2.72. The molecular formula is C10H16N4O4S3. The van der Waals surface area contributed by atoms with Gasteiger partial charge < -0.3 is 5.11 Å². The smallest absolute Gasteiger partial charge is 0.313 e. The van der Waals surface area contributed by atoms with E-state index in [1.165, 1.54) is 4.31 Å². The summed E-state index contributed by atoms with van der Waals surface area (Å²) in [5.41, 5.74) is 0. The zero-order valence-electron chi connectivity index (χ0n) is 11.4. The van der Waals surface area contributed by atoms with Crippen LogP contribution in [0.4, 0.5) is 5.13 Å². The summed E-state index contributed by atoms with van der Waals surface area (Å²) in [5, 5.41) is 16.2. The van der Waals surface area contributed by atoms with Gasteiger partial charge in [0.2, 0.25) is 5.13 Å². The molecule has 0 bridgehead atoms. The van der Waals surface area contributed by atoms with Crippen LogP contribution in [0, 0.1) is 0 Å². The molecule has 0 radical (unpaired) electrons. The van der Waals surface area contributed by atoms with Crippen LogP contribution in [0.2, 0.25) is 0 Å². The topological polar surface area (TPSA) is 112 Å². The highest BCUT2D eigenvalue weighted by Gasteiger charge is 2.30. The summed E-state index contributed by atoms with van der Waals surface area (Å²) < 4.78 is 28.8.